The van der Waals surface area contributed by atoms with Crippen molar-refractivity contribution in [1.29, 1.82) is 5.26 Å². The lowest BCUT2D eigenvalue weighted by Crippen LogP contribution is -2.23. The van der Waals surface area contributed by atoms with Gasteiger partial charge in [-0.15, -0.1) is 0 Å². The summed E-state index contributed by atoms with van der Waals surface area (Å²) in [5.74, 6) is 0.743. The van der Waals surface area contributed by atoms with Crippen LogP contribution in [0.2, 0.25) is 0 Å². The van der Waals surface area contributed by atoms with E-state index >= 15 is 0 Å². The molecule has 0 heterocycles. The maximum atomic E-state index is 10.8. The normalized spacial score (nSPS) is 11.9. The van der Waals surface area contributed by atoms with Gasteiger partial charge in [-0.05, 0) is 32.2 Å². The van der Waals surface area contributed by atoms with Crippen LogP contribution in [0, 0.1) is 17.2 Å². The summed E-state index contributed by atoms with van der Waals surface area (Å²) in [4.78, 5) is 12.8. The lowest BCUT2D eigenvalue weighted by Gasteiger charge is -2.19. The monoisotopic (exact) mass is 246 g/mol. The number of hydrogen-bond acceptors (Lipinski definition) is 4. The minimum Gasteiger partial charge on any atom is -0.496 e. The van der Waals surface area contributed by atoms with Crippen LogP contribution in [0.15, 0.2) is 18.2 Å². The van der Waals surface area contributed by atoms with Crippen molar-refractivity contribution >= 4 is 6.29 Å². The summed E-state index contributed by atoms with van der Waals surface area (Å²) in [6, 6.07) is 7.54. The highest BCUT2D eigenvalue weighted by Crippen LogP contribution is 2.21. The number of hydrogen-bond donors (Lipinski definition) is 0. The Morgan fingerprint density at radius 2 is 2.28 bits per heavy atom. The Labute approximate surface area is 108 Å². The van der Waals surface area contributed by atoms with Crippen molar-refractivity contribution in [2.45, 2.75) is 13.5 Å². The van der Waals surface area contributed by atoms with Crippen molar-refractivity contribution in [1.82, 2.24) is 4.90 Å². The van der Waals surface area contributed by atoms with E-state index < -0.39 is 0 Å². The molecule has 0 aromatic heterocycles. The van der Waals surface area contributed by atoms with E-state index in [4.69, 9.17) is 10.00 Å². The Bertz CT molecular complexity index is 452. The van der Waals surface area contributed by atoms with Gasteiger partial charge in [0.15, 0.2) is 0 Å². The summed E-state index contributed by atoms with van der Waals surface area (Å²) < 4.78 is 5.27. The quantitative estimate of drug-likeness (QED) is 0.721. The van der Waals surface area contributed by atoms with Crippen LogP contribution in [0.3, 0.4) is 0 Å². The third kappa shape index (κ3) is 3.86. The zero-order chi connectivity index (χ0) is 13.5. The molecule has 0 aliphatic rings. The third-order valence-corrected chi connectivity index (χ3v) is 2.69. The Balaban J connectivity index is 2.82. The standard InChI is InChI=1S/C14H18N2O2/c1-11(7-15)8-16(2)9-13-6-12(10-17)4-5-14(13)18-3/h4-6,10-11H,8-9H2,1-3H3. The predicted octanol–water partition coefficient (Wildman–Crippen LogP) is 2.10. The fourth-order valence-electron chi connectivity index (χ4n) is 1.86. The summed E-state index contributed by atoms with van der Waals surface area (Å²) >= 11 is 0. The average Bonchev–Trinajstić information content (AvgIpc) is 2.38. The molecule has 0 bridgehead atoms. The maximum absolute atomic E-state index is 10.8. The second-order valence-electron chi connectivity index (χ2n) is 4.42. The topological polar surface area (TPSA) is 53.3 Å². The van der Waals surface area contributed by atoms with Crippen molar-refractivity contribution in [2.24, 2.45) is 5.92 Å². The number of carbonyl (C=O) groups is 1. The highest BCUT2D eigenvalue weighted by Gasteiger charge is 2.10. The van der Waals surface area contributed by atoms with Crippen molar-refractivity contribution in [3.05, 3.63) is 29.3 Å². The molecule has 1 unspecified atom stereocenters. The molecule has 0 aliphatic heterocycles. The lowest BCUT2D eigenvalue weighted by molar-refractivity contribution is 0.112. The van der Waals surface area contributed by atoms with Crippen LogP contribution in [-0.2, 0) is 6.54 Å². The smallest absolute Gasteiger partial charge is 0.150 e. The number of nitrogens with zero attached hydrogens (tertiary/aromatic N) is 2. The molecule has 96 valence electrons. The molecule has 1 aromatic rings. The van der Waals surface area contributed by atoms with Gasteiger partial charge >= 0.3 is 0 Å². The number of methoxy groups -OCH3 is 1. The third-order valence-electron chi connectivity index (χ3n) is 2.69. The molecule has 0 fully saturated rings. The highest BCUT2D eigenvalue weighted by atomic mass is 16.5. The summed E-state index contributed by atoms with van der Waals surface area (Å²) in [6.07, 6.45) is 0.820. The highest BCUT2D eigenvalue weighted by molar-refractivity contribution is 5.75. The Morgan fingerprint density at radius 1 is 1.56 bits per heavy atom. The van der Waals surface area contributed by atoms with Crippen LogP contribution in [-0.4, -0.2) is 31.9 Å². The Morgan fingerprint density at radius 3 is 2.83 bits per heavy atom. The number of aldehydes is 1. The van der Waals surface area contributed by atoms with E-state index in [-0.39, 0.29) is 5.92 Å². The minimum absolute atomic E-state index is 0.0183. The molecular weight excluding hydrogens is 228 g/mol. The first-order chi connectivity index (χ1) is 8.60. The zero-order valence-corrected chi connectivity index (χ0v) is 11.0. The summed E-state index contributed by atoms with van der Waals surface area (Å²) in [6.45, 7) is 3.22. The SMILES string of the molecule is COc1ccc(C=O)cc1CN(C)CC(C)C#N. The van der Waals surface area contributed by atoms with Crippen LogP contribution in [0.1, 0.15) is 22.8 Å². The van der Waals surface area contributed by atoms with Gasteiger partial charge in [0.05, 0.1) is 19.1 Å². The van der Waals surface area contributed by atoms with Gasteiger partial charge in [0.25, 0.3) is 0 Å². The van der Waals surface area contributed by atoms with Gasteiger partial charge in [0, 0.05) is 24.2 Å². The summed E-state index contributed by atoms with van der Waals surface area (Å²) in [7, 11) is 3.55. The number of rotatable bonds is 6. The van der Waals surface area contributed by atoms with Crippen molar-refractivity contribution in [3.63, 3.8) is 0 Å². The molecule has 0 N–H and O–H groups in total. The molecule has 4 nitrogen and oxygen atoms in total. The molecular formula is C14H18N2O2. The molecule has 4 heteroatoms. The van der Waals surface area contributed by atoms with Crippen LogP contribution in [0.5, 0.6) is 5.75 Å². The average molecular weight is 246 g/mol. The van der Waals surface area contributed by atoms with Gasteiger partial charge in [-0.3, -0.25) is 4.79 Å². The second-order valence-corrected chi connectivity index (χ2v) is 4.42. The lowest BCUT2D eigenvalue weighted by atomic mass is 10.1. The molecule has 18 heavy (non-hydrogen) atoms. The molecule has 0 saturated carbocycles. The van der Waals surface area contributed by atoms with Gasteiger partial charge < -0.3 is 9.64 Å². The fraction of sp³-hybridized carbons (Fsp3) is 0.429. The minimum atomic E-state index is -0.0183. The van der Waals surface area contributed by atoms with E-state index in [0.29, 0.717) is 18.7 Å². The second kappa shape index (κ2) is 6.77. The van der Waals surface area contributed by atoms with Crippen LogP contribution >= 0.6 is 0 Å². The van der Waals surface area contributed by atoms with Crippen LogP contribution in [0.4, 0.5) is 0 Å². The number of nitriles is 1. The molecule has 0 amide bonds. The van der Waals surface area contributed by atoms with Gasteiger partial charge in [-0.2, -0.15) is 5.26 Å². The fourth-order valence-corrected chi connectivity index (χ4v) is 1.86. The Kier molecular flexibility index (Phi) is 5.34. The first kappa shape index (κ1) is 14.2. The summed E-state index contributed by atoms with van der Waals surface area (Å²) in [5, 5.41) is 8.79. The van der Waals surface area contributed by atoms with Crippen molar-refractivity contribution in [3.8, 4) is 11.8 Å². The van der Waals surface area contributed by atoms with E-state index in [2.05, 4.69) is 6.07 Å². The zero-order valence-electron chi connectivity index (χ0n) is 11.0. The van der Waals surface area contributed by atoms with E-state index in [0.717, 1.165) is 17.6 Å². The molecule has 0 radical (unpaired) electrons. The van der Waals surface area contributed by atoms with Crippen LogP contribution < -0.4 is 4.74 Å². The molecule has 1 atom stereocenters. The summed E-state index contributed by atoms with van der Waals surface area (Å²) in [5.41, 5.74) is 1.59. The van der Waals surface area contributed by atoms with Gasteiger partial charge in [0.1, 0.15) is 12.0 Å². The predicted molar refractivity (Wildman–Crippen MR) is 69.5 cm³/mol. The van der Waals surface area contributed by atoms with E-state index in [1.54, 1.807) is 19.2 Å². The van der Waals surface area contributed by atoms with Crippen molar-refractivity contribution in [2.75, 3.05) is 20.7 Å². The van der Waals surface area contributed by atoms with Gasteiger partial charge in [0.2, 0.25) is 0 Å². The first-order valence-electron chi connectivity index (χ1n) is 5.81. The molecule has 1 rings (SSSR count). The maximum Gasteiger partial charge on any atom is 0.150 e. The van der Waals surface area contributed by atoms with E-state index in [1.807, 2.05) is 24.9 Å². The van der Waals surface area contributed by atoms with E-state index in [1.165, 1.54) is 0 Å². The first-order valence-corrected chi connectivity index (χ1v) is 5.81. The number of benzene rings is 1. The van der Waals surface area contributed by atoms with Crippen LogP contribution in [0.25, 0.3) is 0 Å². The molecule has 0 spiro atoms. The van der Waals surface area contributed by atoms with Gasteiger partial charge in [-0.25, -0.2) is 0 Å². The molecule has 0 saturated heterocycles. The number of carbonyl (C=O) groups excluding carboxylic acids is 1. The largest absolute Gasteiger partial charge is 0.496 e. The molecule has 1 aromatic carbocycles. The van der Waals surface area contributed by atoms with Gasteiger partial charge in [-0.1, -0.05) is 0 Å². The number of ether oxygens (including phenoxy) is 1. The van der Waals surface area contributed by atoms with E-state index in [9.17, 15) is 4.79 Å². The van der Waals surface area contributed by atoms with Crippen molar-refractivity contribution < 1.29 is 9.53 Å². The molecule has 0 aliphatic carbocycles. The Hall–Kier alpha value is -1.86.